The van der Waals surface area contributed by atoms with Crippen molar-refractivity contribution >= 4 is 29.4 Å². The summed E-state index contributed by atoms with van der Waals surface area (Å²) in [5.41, 5.74) is -0.168. The molecule has 4 rings (SSSR count). The van der Waals surface area contributed by atoms with Gasteiger partial charge in [0.25, 0.3) is 11.8 Å². The SMILES string of the molecule is O=C1CCN(N2C(=O)c3ccc(N4CCNCC4)c(F)c3C2=O)C(=O)N1. The lowest BCUT2D eigenvalue weighted by atomic mass is 10.1. The quantitative estimate of drug-likeness (QED) is 0.701. The van der Waals surface area contributed by atoms with Crippen molar-refractivity contribution in [2.45, 2.75) is 6.42 Å². The molecular weight excluding hydrogens is 345 g/mol. The molecule has 1 aromatic rings. The summed E-state index contributed by atoms with van der Waals surface area (Å²) < 4.78 is 15.0. The van der Waals surface area contributed by atoms with Crippen LogP contribution in [0.2, 0.25) is 0 Å². The van der Waals surface area contributed by atoms with Crippen molar-refractivity contribution in [3.05, 3.63) is 29.1 Å². The molecule has 5 amide bonds. The molecule has 0 spiro atoms. The molecule has 2 fully saturated rings. The summed E-state index contributed by atoms with van der Waals surface area (Å²) in [5.74, 6) is -2.93. The zero-order valence-electron chi connectivity index (χ0n) is 13.7. The number of hydrogen-bond acceptors (Lipinski definition) is 6. The van der Waals surface area contributed by atoms with Crippen LogP contribution in [0.3, 0.4) is 0 Å². The maximum atomic E-state index is 15.0. The van der Waals surface area contributed by atoms with Gasteiger partial charge in [-0.2, -0.15) is 5.01 Å². The second-order valence-electron chi connectivity index (χ2n) is 6.21. The number of anilines is 1. The fraction of sp³-hybridized carbons (Fsp3) is 0.375. The second-order valence-corrected chi connectivity index (χ2v) is 6.21. The average Bonchev–Trinajstić information content (AvgIpc) is 2.88. The first-order chi connectivity index (χ1) is 12.5. The fourth-order valence-corrected chi connectivity index (χ4v) is 3.38. The molecular formula is C16H16FN5O4. The molecule has 136 valence electrons. The van der Waals surface area contributed by atoms with Crippen molar-refractivity contribution < 1.29 is 23.6 Å². The molecule has 3 aliphatic rings. The van der Waals surface area contributed by atoms with Gasteiger partial charge in [0.2, 0.25) is 5.91 Å². The maximum Gasteiger partial charge on any atom is 0.343 e. The third-order valence-corrected chi connectivity index (χ3v) is 4.68. The molecule has 0 radical (unpaired) electrons. The van der Waals surface area contributed by atoms with Crippen molar-refractivity contribution in [3.63, 3.8) is 0 Å². The van der Waals surface area contributed by atoms with Crippen LogP contribution in [0.1, 0.15) is 27.1 Å². The third kappa shape index (κ3) is 2.41. The molecule has 9 nitrogen and oxygen atoms in total. The molecule has 0 unspecified atom stereocenters. The van der Waals surface area contributed by atoms with Gasteiger partial charge in [-0.1, -0.05) is 0 Å². The summed E-state index contributed by atoms with van der Waals surface area (Å²) in [4.78, 5) is 50.3. The lowest BCUT2D eigenvalue weighted by molar-refractivity contribution is -0.122. The van der Waals surface area contributed by atoms with Gasteiger partial charge >= 0.3 is 6.03 Å². The first kappa shape index (κ1) is 16.5. The van der Waals surface area contributed by atoms with Crippen molar-refractivity contribution in [3.8, 4) is 0 Å². The summed E-state index contributed by atoms with van der Waals surface area (Å²) in [6, 6.07) is 2.01. The third-order valence-electron chi connectivity index (χ3n) is 4.68. The van der Waals surface area contributed by atoms with Gasteiger partial charge in [0.1, 0.15) is 0 Å². The Balaban J connectivity index is 1.69. The monoisotopic (exact) mass is 361 g/mol. The Hall–Kier alpha value is -3.01. The van der Waals surface area contributed by atoms with Crippen LogP contribution in [0, 0.1) is 5.82 Å². The average molecular weight is 361 g/mol. The molecule has 0 atom stereocenters. The largest absolute Gasteiger partial charge is 0.367 e. The van der Waals surface area contributed by atoms with E-state index >= 15 is 4.39 Å². The number of nitrogens with zero attached hydrogens (tertiary/aromatic N) is 3. The lowest BCUT2D eigenvalue weighted by Crippen LogP contribution is -2.58. The Bertz CT molecular complexity index is 836. The normalized spacial score (nSPS) is 20.6. The van der Waals surface area contributed by atoms with Gasteiger partial charge in [0.05, 0.1) is 23.4 Å². The summed E-state index contributed by atoms with van der Waals surface area (Å²) >= 11 is 0. The van der Waals surface area contributed by atoms with Crippen molar-refractivity contribution in [2.24, 2.45) is 0 Å². The van der Waals surface area contributed by atoms with E-state index in [0.717, 1.165) is 5.01 Å². The number of imide groups is 2. The smallest absolute Gasteiger partial charge is 0.343 e. The molecule has 0 aliphatic carbocycles. The van der Waals surface area contributed by atoms with Crippen LogP contribution in [0.15, 0.2) is 12.1 Å². The van der Waals surface area contributed by atoms with E-state index in [0.29, 0.717) is 31.2 Å². The number of rotatable bonds is 2. The number of halogens is 1. The topological polar surface area (TPSA) is 102 Å². The van der Waals surface area contributed by atoms with Crippen molar-refractivity contribution in [1.82, 2.24) is 20.7 Å². The highest BCUT2D eigenvalue weighted by Gasteiger charge is 2.45. The number of fused-ring (bicyclic) bond motifs is 1. The summed E-state index contributed by atoms with van der Waals surface area (Å²) in [6.45, 7) is 2.42. The predicted octanol–water partition coefficient (Wildman–Crippen LogP) is -0.312. The minimum atomic E-state index is -0.899. The van der Waals surface area contributed by atoms with Gasteiger partial charge in [0.15, 0.2) is 5.82 Å². The van der Waals surface area contributed by atoms with Crippen LogP contribution in [0.4, 0.5) is 14.9 Å². The van der Waals surface area contributed by atoms with Crippen LogP contribution < -0.4 is 15.5 Å². The zero-order valence-corrected chi connectivity index (χ0v) is 13.7. The Morgan fingerprint density at radius 3 is 2.38 bits per heavy atom. The zero-order chi connectivity index (χ0) is 18.4. The Labute approximate surface area is 147 Å². The minimum Gasteiger partial charge on any atom is -0.367 e. The highest BCUT2D eigenvalue weighted by Crippen LogP contribution is 2.32. The molecule has 0 bridgehead atoms. The van der Waals surface area contributed by atoms with E-state index < -0.39 is 29.6 Å². The maximum absolute atomic E-state index is 15.0. The van der Waals surface area contributed by atoms with E-state index in [9.17, 15) is 19.2 Å². The predicted molar refractivity (Wildman–Crippen MR) is 86.8 cm³/mol. The minimum absolute atomic E-state index is 0.0480. The van der Waals surface area contributed by atoms with Gasteiger partial charge in [-0.25, -0.2) is 14.2 Å². The molecule has 0 aromatic heterocycles. The fourth-order valence-electron chi connectivity index (χ4n) is 3.38. The standard InChI is InChI=1S/C16H16FN5O4/c17-13-10(20-7-4-18-5-8-20)2-1-9-12(13)15(25)22(14(9)24)21-6-3-11(23)19-16(21)26/h1-2,18H,3-8H2,(H,19,23,26). The van der Waals surface area contributed by atoms with Crippen molar-refractivity contribution in [1.29, 1.82) is 0 Å². The molecule has 3 heterocycles. The number of hydrogen-bond donors (Lipinski definition) is 2. The molecule has 2 N–H and O–H groups in total. The van der Waals surface area contributed by atoms with Crippen LogP contribution >= 0.6 is 0 Å². The number of amides is 5. The van der Waals surface area contributed by atoms with Crippen LogP contribution in [-0.2, 0) is 4.79 Å². The van der Waals surface area contributed by atoms with Crippen molar-refractivity contribution in [2.75, 3.05) is 37.6 Å². The number of piperazine rings is 1. The Kier molecular flexibility index (Phi) is 3.83. The summed E-state index contributed by atoms with van der Waals surface area (Å²) in [6.07, 6.45) is -0.0480. The highest BCUT2D eigenvalue weighted by molar-refractivity contribution is 6.22. The molecule has 3 aliphatic heterocycles. The summed E-state index contributed by atoms with van der Waals surface area (Å²) in [5, 5.41) is 6.65. The first-order valence-corrected chi connectivity index (χ1v) is 8.27. The van der Waals surface area contributed by atoms with E-state index in [1.54, 1.807) is 4.90 Å². The highest BCUT2D eigenvalue weighted by atomic mass is 19.1. The van der Waals surface area contributed by atoms with E-state index in [-0.39, 0.29) is 29.8 Å². The number of benzene rings is 1. The summed E-state index contributed by atoms with van der Waals surface area (Å²) in [7, 11) is 0. The van der Waals surface area contributed by atoms with Crippen LogP contribution in [0.25, 0.3) is 0 Å². The van der Waals surface area contributed by atoms with Gasteiger partial charge in [-0.3, -0.25) is 19.7 Å². The number of urea groups is 1. The lowest BCUT2D eigenvalue weighted by Gasteiger charge is -2.32. The number of carbonyl (C=O) groups excluding carboxylic acids is 4. The van der Waals surface area contributed by atoms with E-state index in [1.165, 1.54) is 12.1 Å². The van der Waals surface area contributed by atoms with Gasteiger partial charge in [-0.15, -0.1) is 0 Å². The van der Waals surface area contributed by atoms with Gasteiger partial charge < -0.3 is 10.2 Å². The molecule has 26 heavy (non-hydrogen) atoms. The number of nitrogens with one attached hydrogen (secondary N) is 2. The number of hydrazine groups is 1. The van der Waals surface area contributed by atoms with E-state index in [1.807, 2.05) is 5.32 Å². The van der Waals surface area contributed by atoms with Gasteiger partial charge in [-0.05, 0) is 12.1 Å². The number of carbonyl (C=O) groups is 4. The Morgan fingerprint density at radius 2 is 1.69 bits per heavy atom. The first-order valence-electron chi connectivity index (χ1n) is 8.27. The molecule has 2 saturated heterocycles. The molecule has 1 aromatic carbocycles. The Morgan fingerprint density at radius 1 is 0.962 bits per heavy atom. The molecule has 0 saturated carbocycles. The second kappa shape index (κ2) is 6.06. The van der Waals surface area contributed by atoms with E-state index in [4.69, 9.17) is 0 Å². The van der Waals surface area contributed by atoms with Crippen LogP contribution in [-0.4, -0.2) is 66.5 Å². The molecule has 10 heteroatoms. The van der Waals surface area contributed by atoms with Crippen LogP contribution in [0.5, 0.6) is 0 Å². The van der Waals surface area contributed by atoms with Gasteiger partial charge in [0, 0.05) is 32.6 Å². The van der Waals surface area contributed by atoms with E-state index in [2.05, 4.69) is 5.32 Å².